The van der Waals surface area contributed by atoms with E-state index in [1.165, 1.54) is 27.8 Å². The molecule has 0 bridgehead atoms. The Labute approximate surface area is 156 Å². The molecule has 0 spiro atoms. The molecule has 1 unspecified atom stereocenters. The molecule has 3 rings (SSSR count). The highest BCUT2D eigenvalue weighted by molar-refractivity contribution is 8.00. The zero-order chi connectivity index (χ0) is 17.8. The highest BCUT2D eigenvalue weighted by Crippen LogP contribution is 2.34. The topological polar surface area (TPSA) is 54.9 Å². The van der Waals surface area contributed by atoms with E-state index in [1.807, 2.05) is 18.2 Å². The number of hydrogen-bond acceptors (Lipinski definition) is 5. The Morgan fingerprint density at radius 1 is 1.24 bits per heavy atom. The standard InChI is InChI=1S/C19H21N3OS2/c1-12(15-7-5-4-6-8-15)9-20-16(23)10-24-18-17-13(2)14(3)25-19(17)22-11-21-18/h4-8,11-12H,9-10H2,1-3H3,(H,20,23). The second-order valence-corrected chi connectivity index (χ2v) is 8.21. The van der Waals surface area contributed by atoms with Crippen LogP contribution in [-0.4, -0.2) is 28.2 Å². The van der Waals surface area contributed by atoms with Gasteiger partial charge in [0, 0.05) is 16.8 Å². The Morgan fingerprint density at radius 2 is 2.00 bits per heavy atom. The summed E-state index contributed by atoms with van der Waals surface area (Å²) < 4.78 is 0. The molecule has 130 valence electrons. The third kappa shape index (κ3) is 4.19. The fourth-order valence-electron chi connectivity index (χ4n) is 2.61. The predicted octanol–water partition coefficient (Wildman–Crippen LogP) is 4.32. The van der Waals surface area contributed by atoms with Gasteiger partial charge in [-0.25, -0.2) is 9.97 Å². The summed E-state index contributed by atoms with van der Waals surface area (Å²) in [6.07, 6.45) is 1.58. The Hall–Kier alpha value is -1.92. The normalized spacial score (nSPS) is 12.3. The highest BCUT2D eigenvalue weighted by Gasteiger charge is 2.14. The van der Waals surface area contributed by atoms with Crippen LogP contribution in [0.4, 0.5) is 0 Å². The van der Waals surface area contributed by atoms with Crippen molar-refractivity contribution in [3.05, 3.63) is 52.7 Å². The van der Waals surface area contributed by atoms with E-state index in [-0.39, 0.29) is 5.91 Å². The number of nitrogens with zero attached hydrogens (tertiary/aromatic N) is 2. The number of aromatic nitrogens is 2. The van der Waals surface area contributed by atoms with Crippen LogP contribution >= 0.6 is 23.1 Å². The summed E-state index contributed by atoms with van der Waals surface area (Å²) in [7, 11) is 0. The minimum Gasteiger partial charge on any atom is -0.355 e. The molecule has 0 aliphatic heterocycles. The fraction of sp³-hybridized carbons (Fsp3) is 0.316. The second kappa shape index (κ2) is 7.97. The molecule has 2 aromatic heterocycles. The SMILES string of the molecule is Cc1sc2ncnc(SCC(=O)NCC(C)c3ccccc3)c2c1C. The zero-order valence-electron chi connectivity index (χ0n) is 14.6. The van der Waals surface area contributed by atoms with Crippen molar-refractivity contribution in [2.24, 2.45) is 0 Å². The van der Waals surface area contributed by atoms with Gasteiger partial charge in [0.05, 0.1) is 5.75 Å². The van der Waals surface area contributed by atoms with Crippen molar-refractivity contribution in [3.63, 3.8) is 0 Å². The van der Waals surface area contributed by atoms with Crippen LogP contribution in [0, 0.1) is 13.8 Å². The minimum absolute atomic E-state index is 0.0316. The van der Waals surface area contributed by atoms with Gasteiger partial charge < -0.3 is 5.32 Å². The van der Waals surface area contributed by atoms with Crippen molar-refractivity contribution in [2.75, 3.05) is 12.3 Å². The fourth-order valence-corrected chi connectivity index (χ4v) is 4.56. The lowest BCUT2D eigenvalue weighted by molar-refractivity contribution is -0.118. The molecular weight excluding hydrogens is 350 g/mol. The maximum Gasteiger partial charge on any atom is 0.230 e. The van der Waals surface area contributed by atoms with E-state index in [0.29, 0.717) is 18.2 Å². The van der Waals surface area contributed by atoms with Crippen molar-refractivity contribution < 1.29 is 4.79 Å². The summed E-state index contributed by atoms with van der Waals surface area (Å²) >= 11 is 3.15. The number of hydrogen-bond donors (Lipinski definition) is 1. The smallest absolute Gasteiger partial charge is 0.230 e. The van der Waals surface area contributed by atoms with E-state index in [9.17, 15) is 4.79 Å². The van der Waals surface area contributed by atoms with Gasteiger partial charge in [-0.3, -0.25) is 4.79 Å². The van der Waals surface area contributed by atoms with Crippen LogP contribution in [0.15, 0.2) is 41.7 Å². The first-order valence-corrected chi connectivity index (χ1v) is 10.0. The summed E-state index contributed by atoms with van der Waals surface area (Å²) in [6.45, 7) is 6.93. The summed E-state index contributed by atoms with van der Waals surface area (Å²) in [6, 6.07) is 10.2. The quantitative estimate of drug-likeness (QED) is 0.518. The van der Waals surface area contributed by atoms with Crippen LogP contribution < -0.4 is 5.32 Å². The maximum atomic E-state index is 12.2. The van der Waals surface area contributed by atoms with E-state index in [1.54, 1.807) is 17.7 Å². The molecule has 0 fully saturated rings. The van der Waals surface area contributed by atoms with Gasteiger partial charge in [-0.2, -0.15) is 0 Å². The van der Waals surface area contributed by atoms with Crippen LogP contribution in [0.25, 0.3) is 10.2 Å². The molecule has 1 atom stereocenters. The average Bonchev–Trinajstić information content (AvgIpc) is 2.93. The summed E-state index contributed by atoms with van der Waals surface area (Å²) in [5.74, 6) is 0.689. The summed E-state index contributed by atoms with van der Waals surface area (Å²) in [5, 5.41) is 4.99. The predicted molar refractivity (Wildman–Crippen MR) is 105 cm³/mol. The summed E-state index contributed by atoms with van der Waals surface area (Å²) in [4.78, 5) is 23.2. The molecule has 1 N–H and O–H groups in total. The highest BCUT2D eigenvalue weighted by atomic mass is 32.2. The van der Waals surface area contributed by atoms with Crippen LogP contribution in [0.3, 0.4) is 0 Å². The number of benzene rings is 1. The summed E-state index contributed by atoms with van der Waals surface area (Å²) in [5.41, 5.74) is 2.44. The molecule has 0 saturated carbocycles. The van der Waals surface area contributed by atoms with Crippen molar-refractivity contribution >= 4 is 39.2 Å². The van der Waals surface area contributed by atoms with E-state index < -0.39 is 0 Å². The van der Waals surface area contributed by atoms with Gasteiger partial charge in [0.15, 0.2) is 0 Å². The first-order chi connectivity index (χ1) is 12.1. The number of thioether (sulfide) groups is 1. The number of rotatable bonds is 6. The molecule has 0 aliphatic carbocycles. The van der Waals surface area contributed by atoms with Crippen LogP contribution in [0.5, 0.6) is 0 Å². The molecule has 2 heterocycles. The van der Waals surface area contributed by atoms with Crippen LogP contribution in [0.1, 0.15) is 28.8 Å². The Kier molecular flexibility index (Phi) is 5.71. The Bertz CT molecular complexity index is 877. The molecule has 6 heteroatoms. The van der Waals surface area contributed by atoms with E-state index in [0.717, 1.165) is 15.2 Å². The van der Waals surface area contributed by atoms with E-state index in [2.05, 4.69) is 48.2 Å². The van der Waals surface area contributed by atoms with Gasteiger partial charge in [0.1, 0.15) is 16.2 Å². The first kappa shape index (κ1) is 17.9. The lowest BCUT2D eigenvalue weighted by Crippen LogP contribution is -2.29. The van der Waals surface area contributed by atoms with Gasteiger partial charge >= 0.3 is 0 Å². The molecule has 0 saturated heterocycles. The number of carbonyl (C=O) groups excluding carboxylic acids is 1. The molecule has 3 aromatic rings. The molecule has 0 radical (unpaired) electrons. The lowest BCUT2D eigenvalue weighted by Gasteiger charge is -2.13. The Morgan fingerprint density at radius 3 is 2.76 bits per heavy atom. The van der Waals surface area contributed by atoms with Gasteiger partial charge in [0.2, 0.25) is 5.91 Å². The molecule has 4 nitrogen and oxygen atoms in total. The van der Waals surface area contributed by atoms with Crippen molar-refractivity contribution in [1.82, 2.24) is 15.3 Å². The third-order valence-electron chi connectivity index (χ3n) is 4.24. The van der Waals surface area contributed by atoms with Crippen LogP contribution in [0.2, 0.25) is 0 Å². The molecular formula is C19H21N3OS2. The molecule has 1 amide bonds. The van der Waals surface area contributed by atoms with Gasteiger partial charge in [-0.1, -0.05) is 49.0 Å². The largest absolute Gasteiger partial charge is 0.355 e. The van der Waals surface area contributed by atoms with Gasteiger partial charge in [-0.05, 0) is 30.9 Å². The van der Waals surface area contributed by atoms with Crippen LogP contribution in [-0.2, 0) is 4.79 Å². The molecule has 25 heavy (non-hydrogen) atoms. The van der Waals surface area contributed by atoms with E-state index in [4.69, 9.17) is 0 Å². The number of aryl methyl sites for hydroxylation is 2. The minimum atomic E-state index is 0.0316. The number of fused-ring (bicyclic) bond motifs is 1. The second-order valence-electron chi connectivity index (χ2n) is 6.05. The van der Waals surface area contributed by atoms with Crippen molar-refractivity contribution in [2.45, 2.75) is 31.7 Å². The van der Waals surface area contributed by atoms with E-state index >= 15 is 0 Å². The maximum absolute atomic E-state index is 12.2. The van der Waals surface area contributed by atoms with Gasteiger partial charge in [-0.15, -0.1) is 11.3 Å². The number of carbonyl (C=O) groups is 1. The number of nitrogens with one attached hydrogen (secondary N) is 1. The number of thiophene rings is 1. The zero-order valence-corrected chi connectivity index (χ0v) is 16.2. The molecule has 1 aromatic carbocycles. The van der Waals surface area contributed by atoms with Crippen molar-refractivity contribution in [3.8, 4) is 0 Å². The monoisotopic (exact) mass is 371 g/mol. The molecule has 0 aliphatic rings. The van der Waals surface area contributed by atoms with Crippen molar-refractivity contribution in [1.29, 1.82) is 0 Å². The third-order valence-corrected chi connectivity index (χ3v) is 6.35. The Balaban J connectivity index is 1.58. The van der Waals surface area contributed by atoms with Gasteiger partial charge in [0.25, 0.3) is 0 Å². The number of amides is 1. The average molecular weight is 372 g/mol. The first-order valence-electron chi connectivity index (χ1n) is 8.21. The lowest BCUT2D eigenvalue weighted by atomic mass is 10.0.